The lowest BCUT2D eigenvalue weighted by Crippen LogP contribution is -2.41. The number of hydrogen-bond donors (Lipinski definition) is 3. The van der Waals surface area contributed by atoms with E-state index in [1.54, 1.807) is 6.07 Å². The largest absolute Gasteiger partial charge is 0.396 e. The predicted octanol–water partition coefficient (Wildman–Crippen LogP) is 3.29. The van der Waals surface area contributed by atoms with E-state index in [4.69, 9.17) is 0 Å². The fourth-order valence-corrected chi connectivity index (χ4v) is 3.64. The normalized spacial score (nSPS) is 17.3. The molecule has 1 amide bonds. The van der Waals surface area contributed by atoms with Crippen LogP contribution in [-0.4, -0.2) is 29.1 Å². The van der Waals surface area contributed by atoms with Gasteiger partial charge in [-0.3, -0.25) is 4.79 Å². The van der Waals surface area contributed by atoms with Gasteiger partial charge in [0.15, 0.2) is 0 Å². The van der Waals surface area contributed by atoms with E-state index in [2.05, 4.69) is 10.3 Å². The van der Waals surface area contributed by atoms with Crippen molar-refractivity contribution >= 4 is 16.8 Å². The van der Waals surface area contributed by atoms with Crippen LogP contribution in [0.5, 0.6) is 0 Å². The number of carbonyl (C=O) groups excluding carboxylic acids is 1. The fraction of sp³-hybridized carbons (Fsp3) is 0.500. The molecule has 5 heteroatoms. The van der Waals surface area contributed by atoms with Gasteiger partial charge in [0.25, 0.3) is 5.91 Å². The van der Waals surface area contributed by atoms with Gasteiger partial charge in [0, 0.05) is 28.6 Å². The Morgan fingerprint density at radius 3 is 2.78 bits per heavy atom. The second kappa shape index (κ2) is 6.32. The Kier molecular flexibility index (Phi) is 4.39. The number of amides is 1. The maximum Gasteiger partial charge on any atom is 0.253 e. The molecule has 4 nitrogen and oxygen atoms in total. The van der Waals surface area contributed by atoms with Crippen molar-refractivity contribution in [3.8, 4) is 0 Å². The lowest BCUT2D eigenvalue weighted by atomic mass is 9.74. The Morgan fingerprint density at radius 1 is 1.35 bits per heavy atom. The molecule has 0 saturated heterocycles. The van der Waals surface area contributed by atoms with Crippen LogP contribution >= 0.6 is 0 Å². The fourth-order valence-electron chi connectivity index (χ4n) is 3.64. The summed E-state index contributed by atoms with van der Waals surface area (Å²) in [4.78, 5) is 15.7. The number of benzene rings is 1. The van der Waals surface area contributed by atoms with Crippen molar-refractivity contribution in [2.75, 3.05) is 13.2 Å². The van der Waals surface area contributed by atoms with Gasteiger partial charge in [-0.05, 0) is 38.0 Å². The zero-order valence-corrected chi connectivity index (χ0v) is 13.4. The average molecular weight is 318 g/mol. The van der Waals surface area contributed by atoms with Crippen LogP contribution in [0, 0.1) is 18.2 Å². The number of fused-ring (bicyclic) bond motifs is 1. The molecular formula is C18H23FN2O2. The molecule has 0 aliphatic heterocycles. The molecule has 0 spiro atoms. The third-order valence-electron chi connectivity index (χ3n) is 5.05. The molecule has 124 valence electrons. The first-order valence-electron chi connectivity index (χ1n) is 8.22. The van der Waals surface area contributed by atoms with Crippen molar-refractivity contribution in [1.82, 2.24) is 10.3 Å². The Bertz CT molecular complexity index is 717. The van der Waals surface area contributed by atoms with E-state index < -0.39 is 0 Å². The van der Waals surface area contributed by atoms with Crippen LogP contribution in [0.1, 0.15) is 48.2 Å². The maximum absolute atomic E-state index is 13.5. The molecule has 0 unspecified atom stereocenters. The predicted molar refractivity (Wildman–Crippen MR) is 87.9 cm³/mol. The molecular weight excluding hydrogens is 295 g/mol. The van der Waals surface area contributed by atoms with Crippen LogP contribution in [-0.2, 0) is 0 Å². The minimum Gasteiger partial charge on any atom is -0.396 e. The van der Waals surface area contributed by atoms with E-state index in [1.165, 1.54) is 18.6 Å². The van der Waals surface area contributed by atoms with Gasteiger partial charge in [-0.2, -0.15) is 0 Å². The Balaban J connectivity index is 1.81. The lowest BCUT2D eigenvalue weighted by molar-refractivity contribution is 0.0718. The number of H-pyrrole nitrogens is 1. The SMILES string of the molecule is Cc1[nH]c2ccc(F)cc2c1C(=O)NCC1(CO)CCCCC1. The molecule has 1 aliphatic carbocycles. The number of aliphatic hydroxyl groups is 1. The molecule has 1 aromatic heterocycles. The standard InChI is InChI=1S/C18H23FN2O2/c1-12-16(14-9-13(19)5-6-15(14)21-12)17(23)20-10-18(11-22)7-3-2-4-8-18/h5-6,9,21-22H,2-4,7-8,10-11H2,1H3,(H,20,23). The maximum atomic E-state index is 13.5. The zero-order chi connectivity index (χ0) is 16.4. The van der Waals surface area contributed by atoms with Crippen molar-refractivity contribution < 1.29 is 14.3 Å². The first-order chi connectivity index (χ1) is 11.0. The van der Waals surface area contributed by atoms with Gasteiger partial charge in [0.05, 0.1) is 12.2 Å². The van der Waals surface area contributed by atoms with Crippen molar-refractivity contribution in [1.29, 1.82) is 0 Å². The number of aryl methyl sites for hydroxylation is 1. The van der Waals surface area contributed by atoms with E-state index in [0.717, 1.165) is 36.9 Å². The second-order valence-corrected chi connectivity index (χ2v) is 6.72. The van der Waals surface area contributed by atoms with Crippen LogP contribution in [0.15, 0.2) is 18.2 Å². The third kappa shape index (κ3) is 3.11. The molecule has 23 heavy (non-hydrogen) atoms. The number of halogens is 1. The van der Waals surface area contributed by atoms with Gasteiger partial charge in [-0.1, -0.05) is 19.3 Å². The minimum absolute atomic E-state index is 0.0920. The summed E-state index contributed by atoms with van der Waals surface area (Å²) in [6, 6.07) is 4.41. The van der Waals surface area contributed by atoms with Crippen LogP contribution in [0.3, 0.4) is 0 Å². The Hall–Kier alpha value is -1.88. The molecule has 1 aromatic carbocycles. The Labute approximate surface area is 135 Å². The highest BCUT2D eigenvalue weighted by atomic mass is 19.1. The highest BCUT2D eigenvalue weighted by Crippen LogP contribution is 2.35. The summed E-state index contributed by atoms with van der Waals surface area (Å²) in [5.41, 5.74) is 1.76. The molecule has 3 rings (SSSR count). The molecule has 1 saturated carbocycles. The number of aromatic nitrogens is 1. The number of rotatable bonds is 4. The molecule has 0 bridgehead atoms. The van der Waals surface area contributed by atoms with Gasteiger partial charge in [0.2, 0.25) is 0 Å². The summed E-state index contributed by atoms with van der Waals surface area (Å²) >= 11 is 0. The molecule has 1 aliphatic rings. The molecule has 1 heterocycles. The molecule has 1 fully saturated rings. The van der Waals surface area contributed by atoms with Crippen molar-refractivity contribution in [3.63, 3.8) is 0 Å². The van der Waals surface area contributed by atoms with Crippen LogP contribution in [0.4, 0.5) is 4.39 Å². The van der Waals surface area contributed by atoms with E-state index in [1.807, 2.05) is 6.92 Å². The summed E-state index contributed by atoms with van der Waals surface area (Å²) in [7, 11) is 0. The highest BCUT2D eigenvalue weighted by molar-refractivity contribution is 6.08. The van der Waals surface area contributed by atoms with Crippen LogP contribution in [0.2, 0.25) is 0 Å². The highest BCUT2D eigenvalue weighted by Gasteiger charge is 2.32. The van der Waals surface area contributed by atoms with Gasteiger partial charge in [-0.25, -0.2) is 4.39 Å². The first kappa shape index (κ1) is 16.0. The van der Waals surface area contributed by atoms with E-state index >= 15 is 0 Å². The van der Waals surface area contributed by atoms with Gasteiger partial charge < -0.3 is 15.4 Å². The van der Waals surface area contributed by atoms with E-state index in [0.29, 0.717) is 17.5 Å². The number of aromatic amines is 1. The molecule has 0 atom stereocenters. The summed E-state index contributed by atoms with van der Waals surface area (Å²) in [6.07, 6.45) is 5.24. The van der Waals surface area contributed by atoms with Crippen molar-refractivity contribution in [2.45, 2.75) is 39.0 Å². The molecule has 2 aromatic rings. The number of aliphatic hydroxyl groups excluding tert-OH is 1. The summed E-state index contributed by atoms with van der Waals surface area (Å²) in [6.45, 7) is 2.37. The van der Waals surface area contributed by atoms with Crippen molar-refractivity contribution in [2.24, 2.45) is 5.41 Å². The third-order valence-corrected chi connectivity index (χ3v) is 5.05. The second-order valence-electron chi connectivity index (χ2n) is 6.72. The Morgan fingerprint density at radius 2 is 2.09 bits per heavy atom. The topological polar surface area (TPSA) is 65.1 Å². The van der Waals surface area contributed by atoms with E-state index in [-0.39, 0.29) is 23.7 Å². The zero-order valence-electron chi connectivity index (χ0n) is 13.4. The van der Waals surface area contributed by atoms with E-state index in [9.17, 15) is 14.3 Å². The monoisotopic (exact) mass is 318 g/mol. The quantitative estimate of drug-likeness (QED) is 0.810. The van der Waals surface area contributed by atoms with Crippen LogP contribution < -0.4 is 5.32 Å². The van der Waals surface area contributed by atoms with Gasteiger partial charge >= 0.3 is 0 Å². The summed E-state index contributed by atoms with van der Waals surface area (Å²) < 4.78 is 13.5. The number of hydrogen-bond acceptors (Lipinski definition) is 2. The number of carbonyl (C=O) groups is 1. The molecule has 3 N–H and O–H groups in total. The van der Waals surface area contributed by atoms with Gasteiger partial charge in [0.1, 0.15) is 5.82 Å². The number of nitrogens with one attached hydrogen (secondary N) is 2. The smallest absolute Gasteiger partial charge is 0.253 e. The minimum atomic E-state index is -0.357. The van der Waals surface area contributed by atoms with Gasteiger partial charge in [-0.15, -0.1) is 0 Å². The van der Waals surface area contributed by atoms with Crippen LogP contribution in [0.25, 0.3) is 10.9 Å². The van der Waals surface area contributed by atoms with Crippen molar-refractivity contribution in [3.05, 3.63) is 35.3 Å². The summed E-state index contributed by atoms with van der Waals surface area (Å²) in [5.74, 6) is -0.567. The lowest BCUT2D eigenvalue weighted by Gasteiger charge is -2.35. The first-order valence-corrected chi connectivity index (χ1v) is 8.22. The molecule has 0 radical (unpaired) electrons. The average Bonchev–Trinajstić information content (AvgIpc) is 2.88. The summed E-state index contributed by atoms with van der Waals surface area (Å²) in [5, 5.41) is 13.3.